The van der Waals surface area contributed by atoms with Crippen molar-refractivity contribution in [3.63, 3.8) is 0 Å². The number of thiocarbonyl (C=S) groups is 1. The minimum Gasteiger partial charge on any atom is -0.493 e. The van der Waals surface area contributed by atoms with E-state index in [2.05, 4.69) is 27.9 Å². The Labute approximate surface area is 191 Å². The van der Waals surface area contributed by atoms with Crippen LogP contribution >= 0.6 is 12.2 Å². The molecule has 0 spiro atoms. The highest BCUT2D eigenvalue weighted by atomic mass is 32.1. The van der Waals surface area contributed by atoms with Crippen molar-refractivity contribution in [2.45, 2.75) is 6.42 Å². The molecule has 0 saturated heterocycles. The summed E-state index contributed by atoms with van der Waals surface area (Å²) in [6.07, 6.45) is 2.40. The number of carbonyl (C=O) groups excluding carboxylic acids is 1. The SMILES string of the molecule is O=C(NC(=S)Nc1cccc(OCCc2ccccc2)c1)c1ccnn1-c1ccccc1. The summed E-state index contributed by atoms with van der Waals surface area (Å²) in [7, 11) is 0. The van der Waals surface area contributed by atoms with E-state index in [0.717, 1.165) is 23.5 Å². The minimum absolute atomic E-state index is 0.192. The van der Waals surface area contributed by atoms with Crippen molar-refractivity contribution in [3.8, 4) is 11.4 Å². The Morgan fingerprint density at radius 1 is 0.938 bits per heavy atom. The quantitative estimate of drug-likeness (QED) is 0.409. The van der Waals surface area contributed by atoms with Gasteiger partial charge < -0.3 is 10.1 Å². The van der Waals surface area contributed by atoms with Crippen LogP contribution in [-0.4, -0.2) is 27.4 Å². The van der Waals surface area contributed by atoms with Gasteiger partial charge in [0, 0.05) is 18.2 Å². The van der Waals surface area contributed by atoms with E-state index >= 15 is 0 Å². The summed E-state index contributed by atoms with van der Waals surface area (Å²) in [5.41, 5.74) is 3.13. The highest BCUT2D eigenvalue weighted by molar-refractivity contribution is 7.80. The van der Waals surface area contributed by atoms with Gasteiger partial charge in [-0.25, -0.2) is 4.68 Å². The molecule has 0 atom stereocenters. The van der Waals surface area contributed by atoms with Crippen LogP contribution in [0.5, 0.6) is 5.75 Å². The van der Waals surface area contributed by atoms with E-state index in [1.807, 2.05) is 72.8 Å². The van der Waals surface area contributed by atoms with Crippen molar-refractivity contribution in [1.29, 1.82) is 0 Å². The number of hydrogen-bond acceptors (Lipinski definition) is 4. The third-order valence-electron chi connectivity index (χ3n) is 4.70. The van der Waals surface area contributed by atoms with Crippen LogP contribution in [0.15, 0.2) is 97.2 Å². The number of rotatable bonds is 7. The third kappa shape index (κ3) is 5.59. The minimum atomic E-state index is -0.348. The maximum atomic E-state index is 12.7. The molecule has 2 N–H and O–H groups in total. The first-order valence-corrected chi connectivity index (χ1v) is 10.6. The molecule has 0 aliphatic rings. The van der Waals surface area contributed by atoms with Crippen molar-refractivity contribution in [3.05, 3.63) is 108 Å². The predicted molar refractivity (Wildman–Crippen MR) is 129 cm³/mol. The van der Waals surface area contributed by atoms with Gasteiger partial charge in [0.2, 0.25) is 0 Å². The molecular formula is C25H22N4O2S. The highest BCUT2D eigenvalue weighted by Gasteiger charge is 2.14. The van der Waals surface area contributed by atoms with E-state index in [0.29, 0.717) is 12.3 Å². The fourth-order valence-corrected chi connectivity index (χ4v) is 3.39. The first-order valence-electron chi connectivity index (χ1n) is 10.2. The van der Waals surface area contributed by atoms with Crippen LogP contribution in [0.1, 0.15) is 16.1 Å². The summed E-state index contributed by atoms with van der Waals surface area (Å²) >= 11 is 5.33. The molecule has 0 aliphatic heterocycles. The number of carbonyl (C=O) groups is 1. The second-order valence-corrected chi connectivity index (χ2v) is 7.39. The second-order valence-electron chi connectivity index (χ2n) is 6.98. The molecule has 0 unspecified atom stereocenters. The molecule has 160 valence electrons. The molecule has 4 rings (SSSR count). The number of ether oxygens (including phenoxy) is 1. The lowest BCUT2D eigenvalue weighted by atomic mass is 10.2. The van der Waals surface area contributed by atoms with Crippen LogP contribution in [-0.2, 0) is 6.42 Å². The van der Waals surface area contributed by atoms with Crippen molar-refractivity contribution in [2.24, 2.45) is 0 Å². The maximum Gasteiger partial charge on any atom is 0.276 e. The fourth-order valence-electron chi connectivity index (χ4n) is 3.17. The zero-order valence-corrected chi connectivity index (χ0v) is 18.1. The molecule has 32 heavy (non-hydrogen) atoms. The molecule has 1 heterocycles. The van der Waals surface area contributed by atoms with Crippen molar-refractivity contribution in [2.75, 3.05) is 11.9 Å². The van der Waals surface area contributed by atoms with Gasteiger partial charge in [-0.1, -0.05) is 54.6 Å². The lowest BCUT2D eigenvalue weighted by Crippen LogP contribution is -2.35. The highest BCUT2D eigenvalue weighted by Crippen LogP contribution is 2.18. The van der Waals surface area contributed by atoms with Gasteiger partial charge in [-0.3, -0.25) is 10.1 Å². The topological polar surface area (TPSA) is 68.2 Å². The average Bonchev–Trinajstić information content (AvgIpc) is 3.31. The molecule has 3 aromatic carbocycles. The summed E-state index contributed by atoms with van der Waals surface area (Å²) in [4.78, 5) is 12.7. The second kappa shape index (κ2) is 10.4. The Bertz CT molecular complexity index is 1190. The number of nitrogens with one attached hydrogen (secondary N) is 2. The van der Waals surface area contributed by atoms with Crippen LogP contribution in [0.4, 0.5) is 5.69 Å². The van der Waals surface area contributed by atoms with Gasteiger partial charge >= 0.3 is 0 Å². The molecule has 0 radical (unpaired) electrons. The van der Waals surface area contributed by atoms with Gasteiger partial charge in [0.05, 0.1) is 18.5 Å². The van der Waals surface area contributed by atoms with Gasteiger partial charge in [0.1, 0.15) is 11.4 Å². The van der Waals surface area contributed by atoms with E-state index in [9.17, 15) is 4.79 Å². The summed E-state index contributed by atoms with van der Waals surface area (Å²) in [5, 5.41) is 10.2. The normalized spacial score (nSPS) is 10.4. The zero-order chi connectivity index (χ0) is 22.2. The number of para-hydroxylation sites is 1. The smallest absolute Gasteiger partial charge is 0.276 e. The molecule has 0 bridgehead atoms. The standard InChI is InChI=1S/C25H22N4O2S/c30-24(23-14-16-26-29(23)21-11-5-2-6-12-21)28-25(32)27-20-10-7-13-22(18-20)31-17-15-19-8-3-1-4-9-19/h1-14,16,18H,15,17H2,(H2,27,28,30,32). The molecule has 0 saturated carbocycles. The largest absolute Gasteiger partial charge is 0.493 e. The van der Waals surface area contributed by atoms with Crippen LogP contribution in [0.2, 0.25) is 0 Å². The van der Waals surface area contributed by atoms with E-state index < -0.39 is 0 Å². The lowest BCUT2D eigenvalue weighted by Gasteiger charge is -2.12. The zero-order valence-electron chi connectivity index (χ0n) is 17.3. The summed E-state index contributed by atoms with van der Waals surface area (Å²) in [6, 6.07) is 28.7. The molecule has 6 nitrogen and oxygen atoms in total. The molecule has 0 fully saturated rings. The van der Waals surface area contributed by atoms with Gasteiger partial charge in [0.15, 0.2) is 5.11 Å². The number of hydrogen-bond donors (Lipinski definition) is 2. The van der Waals surface area contributed by atoms with E-state index in [1.165, 1.54) is 5.56 Å². The Morgan fingerprint density at radius 3 is 2.47 bits per heavy atom. The monoisotopic (exact) mass is 442 g/mol. The van der Waals surface area contributed by atoms with E-state index in [1.54, 1.807) is 16.9 Å². The van der Waals surface area contributed by atoms with Gasteiger partial charge in [-0.2, -0.15) is 5.10 Å². The number of amides is 1. The van der Waals surface area contributed by atoms with Crippen LogP contribution in [0.3, 0.4) is 0 Å². The molecule has 7 heteroatoms. The van der Waals surface area contributed by atoms with Crippen LogP contribution in [0, 0.1) is 0 Å². The summed E-state index contributed by atoms with van der Waals surface area (Å²) < 4.78 is 7.42. The van der Waals surface area contributed by atoms with Crippen molar-refractivity contribution >= 4 is 28.9 Å². The van der Waals surface area contributed by atoms with Gasteiger partial charge in [0.25, 0.3) is 5.91 Å². The number of benzene rings is 3. The lowest BCUT2D eigenvalue weighted by molar-refractivity contribution is 0.0970. The number of nitrogens with zero attached hydrogens (tertiary/aromatic N) is 2. The van der Waals surface area contributed by atoms with Crippen molar-refractivity contribution < 1.29 is 9.53 Å². The fraction of sp³-hybridized carbons (Fsp3) is 0.0800. The number of aromatic nitrogens is 2. The molecule has 0 aliphatic carbocycles. The summed E-state index contributed by atoms with van der Waals surface area (Å²) in [6.45, 7) is 0.568. The molecular weight excluding hydrogens is 420 g/mol. The summed E-state index contributed by atoms with van der Waals surface area (Å²) in [5.74, 6) is 0.376. The van der Waals surface area contributed by atoms with E-state index in [-0.39, 0.29) is 11.0 Å². The molecule has 4 aromatic rings. The Morgan fingerprint density at radius 2 is 1.69 bits per heavy atom. The Hall–Kier alpha value is -3.97. The van der Waals surface area contributed by atoms with Gasteiger partial charge in [-0.15, -0.1) is 0 Å². The van der Waals surface area contributed by atoms with Crippen LogP contribution in [0.25, 0.3) is 5.69 Å². The van der Waals surface area contributed by atoms with E-state index in [4.69, 9.17) is 17.0 Å². The first kappa shape index (κ1) is 21.3. The van der Waals surface area contributed by atoms with Crippen molar-refractivity contribution in [1.82, 2.24) is 15.1 Å². The first-order chi connectivity index (χ1) is 15.7. The molecule has 1 amide bonds. The molecule has 1 aromatic heterocycles. The maximum absolute atomic E-state index is 12.7. The Balaban J connectivity index is 1.33. The third-order valence-corrected chi connectivity index (χ3v) is 4.90. The average molecular weight is 443 g/mol. The van der Waals surface area contributed by atoms with Crippen LogP contribution < -0.4 is 15.4 Å². The predicted octanol–water partition coefficient (Wildman–Crippen LogP) is 4.62. The van der Waals surface area contributed by atoms with Gasteiger partial charge in [-0.05, 0) is 48.1 Å². The number of anilines is 1. The Kier molecular flexibility index (Phi) is 6.89.